The molecule has 0 bridgehead atoms. The van der Waals surface area contributed by atoms with Crippen molar-refractivity contribution in [1.29, 1.82) is 0 Å². The highest BCUT2D eigenvalue weighted by molar-refractivity contribution is 9.11. The van der Waals surface area contributed by atoms with Crippen molar-refractivity contribution >= 4 is 55.5 Å². The summed E-state index contributed by atoms with van der Waals surface area (Å²) in [5.41, 5.74) is 0.510. The van der Waals surface area contributed by atoms with Gasteiger partial charge in [0.25, 0.3) is 5.91 Å². The Bertz CT molecular complexity index is 586. The quantitative estimate of drug-likeness (QED) is 0.789. The lowest BCUT2D eigenvalue weighted by Gasteiger charge is -2.27. The minimum Gasteiger partial charge on any atom is -0.480 e. The number of thioether (sulfide) groups is 1. The van der Waals surface area contributed by atoms with Crippen molar-refractivity contribution in [2.24, 2.45) is 5.92 Å². The molecule has 2 atom stereocenters. The fourth-order valence-corrected chi connectivity index (χ4v) is 5.47. The van der Waals surface area contributed by atoms with Crippen LogP contribution in [0.3, 0.4) is 0 Å². The Morgan fingerprint density at radius 1 is 1.19 bits per heavy atom. The first-order valence-electron chi connectivity index (χ1n) is 6.60. The number of hydrogen-bond donors (Lipinski definition) is 1. The number of halogens is 2. The van der Waals surface area contributed by atoms with E-state index in [1.165, 1.54) is 0 Å². The Morgan fingerprint density at radius 3 is 2.33 bits per heavy atom. The molecule has 1 N–H and O–H groups in total. The summed E-state index contributed by atoms with van der Waals surface area (Å²) in [6.07, 6.45) is 2.16. The Kier molecular flexibility index (Phi) is 4.34. The van der Waals surface area contributed by atoms with Crippen LogP contribution in [0.4, 0.5) is 0 Å². The number of hydrogen-bond acceptors (Lipinski definition) is 3. The van der Waals surface area contributed by atoms with E-state index >= 15 is 0 Å². The molecular weight excluding hydrogens is 422 g/mol. The van der Waals surface area contributed by atoms with Gasteiger partial charge in [-0.25, -0.2) is 4.79 Å². The molecule has 4 nitrogen and oxygen atoms in total. The number of carboxylic acids is 1. The molecule has 2 fully saturated rings. The Hall–Kier alpha value is -0.530. The molecule has 1 aliphatic heterocycles. The predicted molar refractivity (Wildman–Crippen MR) is 88.4 cm³/mol. The van der Waals surface area contributed by atoms with Crippen LogP contribution in [0, 0.1) is 5.92 Å². The zero-order chi connectivity index (χ0) is 15.1. The largest absolute Gasteiger partial charge is 0.480 e. The number of amides is 1. The van der Waals surface area contributed by atoms with Gasteiger partial charge < -0.3 is 10.0 Å². The van der Waals surface area contributed by atoms with Gasteiger partial charge in [-0.3, -0.25) is 4.79 Å². The second-order valence-corrected chi connectivity index (χ2v) is 8.27. The van der Waals surface area contributed by atoms with Gasteiger partial charge in [0.15, 0.2) is 0 Å². The van der Waals surface area contributed by atoms with Crippen molar-refractivity contribution < 1.29 is 14.7 Å². The van der Waals surface area contributed by atoms with E-state index in [2.05, 4.69) is 31.9 Å². The van der Waals surface area contributed by atoms with Gasteiger partial charge >= 0.3 is 5.97 Å². The first-order chi connectivity index (χ1) is 9.97. The molecule has 7 heteroatoms. The molecule has 1 aromatic carbocycles. The van der Waals surface area contributed by atoms with Crippen molar-refractivity contribution in [3.8, 4) is 0 Å². The van der Waals surface area contributed by atoms with Crippen LogP contribution in [0.25, 0.3) is 0 Å². The van der Waals surface area contributed by atoms with Gasteiger partial charge in [0.1, 0.15) is 6.04 Å². The molecule has 2 unspecified atom stereocenters. The van der Waals surface area contributed by atoms with Crippen LogP contribution in [0.1, 0.15) is 23.2 Å². The van der Waals surface area contributed by atoms with Crippen molar-refractivity contribution in [1.82, 2.24) is 4.90 Å². The molecule has 1 aromatic rings. The minimum atomic E-state index is -0.923. The molecule has 1 amide bonds. The zero-order valence-electron chi connectivity index (χ0n) is 11.0. The maximum absolute atomic E-state index is 12.8. The highest BCUT2D eigenvalue weighted by atomic mass is 79.9. The molecule has 3 rings (SSSR count). The fraction of sp³-hybridized carbons (Fsp3) is 0.429. The molecule has 112 valence electrons. The zero-order valence-corrected chi connectivity index (χ0v) is 14.9. The Morgan fingerprint density at radius 2 is 1.81 bits per heavy atom. The average Bonchev–Trinajstić information content (AvgIpc) is 3.15. The highest BCUT2D eigenvalue weighted by Gasteiger charge is 2.48. The standard InChI is InChI=1S/C14H13Br2NO3S/c15-9-3-8(4-10(16)5-9)12(18)17-11(14(19)20)6-21-13(17)7-1-2-7/h3-5,7,11,13H,1-2,6H2,(H,19,20). The van der Waals surface area contributed by atoms with Gasteiger partial charge in [-0.15, -0.1) is 11.8 Å². The molecule has 1 saturated carbocycles. The second kappa shape index (κ2) is 5.93. The first-order valence-corrected chi connectivity index (χ1v) is 9.24. The minimum absolute atomic E-state index is 0.00337. The Balaban J connectivity index is 1.93. The van der Waals surface area contributed by atoms with Crippen LogP contribution >= 0.6 is 43.6 Å². The summed E-state index contributed by atoms with van der Waals surface area (Å²) in [4.78, 5) is 25.8. The molecule has 2 aliphatic rings. The van der Waals surface area contributed by atoms with Crippen molar-refractivity contribution in [2.75, 3.05) is 5.75 Å². The lowest BCUT2D eigenvalue weighted by atomic mass is 10.1. The monoisotopic (exact) mass is 433 g/mol. The summed E-state index contributed by atoms with van der Waals surface area (Å²) in [6.45, 7) is 0. The number of carbonyl (C=O) groups is 2. The maximum Gasteiger partial charge on any atom is 0.327 e. The maximum atomic E-state index is 12.8. The van der Waals surface area contributed by atoms with E-state index in [4.69, 9.17) is 0 Å². The summed E-state index contributed by atoms with van der Waals surface area (Å²) in [5.74, 6) is -0.213. The van der Waals surface area contributed by atoms with Crippen LogP contribution in [-0.2, 0) is 4.79 Å². The van der Waals surface area contributed by atoms with Crippen molar-refractivity contribution in [2.45, 2.75) is 24.3 Å². The molecule has 1 saturated heterocycles. The normalized spacial score (nSPS) is 25.1. The summed E-state index contributed by atoms with van der Waals surface area (Å²) in [6, 6.07) is 4.59. The van der Waals surface area contributed by atoms with Gasteiger partial charge in [0.05, 0.1) is 5.37 Å². The molecule has 21 heavy (non-hydrogen) atoms. The first kappa shape index (κ1) is 15.4. The fourth-order valence-electron chi connectivity index (χ4n) is 2.55. The third kappa shape index (κ3) is 3.14. The van der Waals surface area contributed by atoms with E-state index in [-0.39, 0.29) is 11.3 Å². The molecule has 1 aliphatic carbocycles. The van der Waals surface area contributed by atoms with Gasteiger partial charge in [0.2, 0.25) is 0 Å². The van der Waals surface area contributed by atoms with Gasteiger partial charge in [-0.05, 0) is 37.0 Å². The number of carbonyl (C=O) groups excluding carboxylic acids is 1. The van der Waals surface area contributed by atoms with Crippen LogP contribution in [0.5, 0.6) is 0 Å². The third-order valence-corrected chi connectivity index (χ3v) is 6.07. The van der Waals surface area contributed by atoms with E-state index in [0.717, 1.165) is 21.8 Å². The van der Waals surface area contributed by atoms with E-state index in [9.17, 15) is 14.7 Å². The van der Waals surface area contributed by atoms with Crippen LogP contribution in [0.2, 0.25) is 0 Å². The second-order valence-electron chi connectivity index (χ2n) is 5.29. The summed E-state index contributed by atoms with van der Waals surface area (Å²) >= 11 is 8.33. The van der Waals surface area contributed by atoms with Gasteiger partial charge in [-0.2, -0.15) is 0 Å². The number of rotatable bonds is 3. The lowest BCUT2D eigenvalue weighted by molar-refractivity contribution is -0.141. The van der Waals surface area contributed by atoms with E-state index in [1.807, 2.05) is 6.07 Å². The number of aliphatic carboxylic acids is 1. The number of benzene rings is 1. The molecule has 0 spiro atoms. The van der Waals surface area contributed by atoms with Crippen LogP contribution in [-0.4, -0.2) is 39.1 Å². The van der Waals surface area contributed by atoms with E-state index in [1.54, 1.807) is 28.8 Å². The van der Waals surface area contributed by atoms with Crippen LogP contribution in [0.15, 0.2) is 27.1 Å². The van der Waals surface area contributed by atoms with Gasteiger partial charge in [0, 0.05) is 20.3 Å². The lowest BCUT2D eigenvalue weighted by Crippen LogP contribution is -2.46. The highest BCUT2D eigenvalue weighted by Crippen LogP contribution is 2.46. The van der Waals surface area contributed by atoms with Crippen LogP contribution < -0.4 is 0 Å². The number of nitrogens with zero attached hydrogens (tertiary/aromatic N) is 1. The number of carboxylic acid groups (broad SMARTS) is 1. The topological polar surface area (TPSA) is 57.6 Å². The summed E-state index contributed by atoms with van der Waals surface area (Å²) in [7, 11) is 0. The smallest absolute Gasteiger partial charge is 0.327 e. The van der Waals surface area contributed by atoms with Crippen molar-refractivity contribution in [3.63, 3.8) is 0 Å². The van der Waals surface area contributed by atoms with Crippen molar-refractivity contribution in [3.05, 3.63) is 32.7 Å². The molecule has 0 radical (unpaired) electrons. The van der Waals surface area contributed by atoms with Gasteiger partial charge in [-0.1, -0.05) is 31.9 Å². The predicted octanol–water partition coefficient (Wildman–Crippen LogP) is 3.59. The third-order valence-electron chi connectivity index (χ3n) is 3.69. The summed E-state index contributed by atoms with van der Waals surface area (Å²) in [5, 5.41) is 9.38. The molecular formula is C14H13Br2NO3S. The van der Waals surface area contributed by atoms with E-state index in [0.29, 0.717) is 17.2 Å². The Labute approximate surface area is 143 Å². The molecule has 1 heterocycles. The SMILES string of the molecule is O=C(O)C1CSC(C2CC2)N1C(=O)c1cc(Br)cc(Br)c1. The summed E-state index contributed by atoms with van der Waals surface area (Å²) < 4.78 is 1.59. The van der Waals surface area contributed by atoms with E-state index < -0.39 is 12.0 Å². The molecule has 0 aromatic heterocycles. The average molecular weight is 435 g/mol.